The van der Waals surface area contributed by atoms with Gasteiger partial charge in [-0.05, 0) is 43.2 Å². The second-order valence-electron chi connectivity index (χ2n) is 5.71. The van der Waals surface area contributed by atoms with Gasteiger partial charge in [0.2, 0.25) is 0 Å². The monoisotopic (exact) mass is 322 g/mol. The van der Waals surface area contributed by atoms with E-state index in [0.717, 1.165) is 16.8 Å². The number of nitro benzene ring substituents is 1. The maximum atomic E-state index is 11.3. The van der Waals surface area contributed by atoms with Crippen molar-refractivity contribution in [2.75, 3.05) is 5.32 Å². The van der Waals surface area contributed by atoms with Crippen LogP contribution in [0.1, 0.15) is 24.1 Å². The molecule has 0 saturated carbocycles. The Morgan fingerprint density at radius 1 is 1.25 bits per heavy atom. The van der Waals surface area contributed by atoms with Gasteiger partial charge in [0.05, 0.1) is 11.3 Å². The van der Waals surface area contributed by atoms with E-state index in [1.165, 1.54) is 0 Å². The van der Waals surface area contributed by atoms with Crippen molar-refractivity contribution < 1.29 is 4.92 Å². The van der Waals surface area contributed by atoms with E-state index in [1.54, 1.807) is 24.7 Å². The van der Waals surface area contributed by atoms with E-state index in [0.29, 0.717) is 5.69 Å². The zero-order valence-corrected chi connectivity index (χ0v) is 13.5. The molecular formula is C18H18N4O2. The van der Waals surface area contributed by atoms with Crippen molar-refractivity contribution in [1.82, 2.24) is 9.55 Å². The Morgan fingerprint density at radius 2 is 2.08 bits per heavy atom. The summed E-state index contributed by atoms with van der Waals surface area (Å²) in [6, 6.07) is 13.1. The maximum Gasteiger partial charge on any atom is 0.292 e. The van der Waals surface area contributed by atoms with Crippen LogP contribution in [-0.4, -0.2) is 14.5 Å². The third-order valence-corrected chi connectivity index (χ3v) is 3.89. The molecule has 0 radical (unpaired) electrons. The molecule has 24 heavy (non-hydrogen) atoms. The summed E-state index contributed by atoms with van der Waals surface area (Å²) in [4.78, 5) is 15.0. The lowest BCUT2D eigenvalue weighted by Gasteiger charge is -2.17. The van der Waals surface area contributed by atoms with Gasteiger partial charge in [-0.3, -0.25) is 10.1 Å². The predicted octanol–water partition coefficient (Wildman–Crippen LogP) is 4.26. The lowest BCUT2D eigenvalue weighted by Crippen LogP contribution is -2.09. The molecule has 6 nitrogen and oxygen atoms in total. The highest BCUT2D eigenvalue weighted by Crippen LogP contribution is 2.29. The molecule has 2 aromatic carbocycles. The number of benzene rings is 2. The van der Waals surface area contributed by atoms with Gasteiger partial charge in [0.1, 0.15) is 5.69 Å². The van der Waals surface area contributed by atoms with Crippen molar-refractivity contribution >= 4 is 11.4 Å². The zero-order chi connectivity index (χ0) is 17.1. The Morgan fingerprint density at radius 3 is 2.79 bits per heavy atom. The number of aromatic nitrogens is 2. The van der Waals surface area contributed by atoms with Crippen LogP contribution in [-0.2, 0) is 0 Å². The Balaban J connectivity index is 1.87. The lowest BCUT2D eigenvalue weighted by molar-refractivity contribution is -0.384. The third-order valence-electron chi connectivity index (χ3n) is 3.89. The molecule has 3 rings (SSSR count). The number of aryl methyl sites for hydroxylation is 1. The van der Waals surface area contributed by atoms with Gasteiger partial charge in [-0.2, -0.15) is 0 Å². The molecule has 3 aromatic rings. The number of hydrogen-bond acceptors (Lipinski definition) is 4. The van der Waals surface area contributed by atoms with Crippen LogP contribution in [0.4, 0.5) is 11.4 Å². The number of imidazole rings is 1. The molecule has 1 atom stereocenters. The fourth-order valence-corrected chi connectivity index (χ4v) is 2.60. The summed E-state index contributed by atoms with van der Waals surface area (Å²) in [6.07, 6.45) is 5.34. The van der Waals surface area contributed by atoms with Crippen LogP contribution in [0.3, 0.4) is 0 Å². The van der Waals surface area contributed by atoms with Crippen LogP contribution in [0.15, 0.2) is 61.2 Å². The topological polar surface area (TPSA) is 73.0 Å². The molecule has 1 unspecified atom stereocenters. The smallest absolute Gasteiger partial charge is 0.292 e. The Hall–Kier alpha value is -3.15. The summed E-state index contributed by atoms with van der Waals surface area (Å²) in [6.45, 7) is 3.82. The molecule has 0 amide bonds. The SMILES string of the molecule is Cc1ccc(NC(C)c2cccc(-n3ccnc3)c2)c([N+](=O)[O-])c1. The average Bonchev–Trinajstić information content (AvgIpc) is 3.11. The molecular weight excluding hydrogens is 304 g/mol. The summed E-state index contributed by atoms with van der Waals surface area (Å²) in [5.74, 6) is 0. The normalized spacial score (nSPS) is 11.9. The van der Waals surface area contributed by atoms with E-state index < -0.39 is 0 Å². The number of hydrogen-bond donors (Lipinski definition) is 1. The Bertz CT molecular complexity index is 859. The highest BCUT2D eigenvalue weighted by Gasteiger charge is 2.16. The van der Waals surface area contributed by atoms with E-state index >= 15 is 0 Å². The van der Waals surface area contributed by atoms with Crippen molar-refractivity contribution in [2.45, 2.75) is 19.9 Å². The zero-order valence-electron chi connectivity index (χ0n) is 13.5. The quantitative estimate of drug-likeness (QED) is 0.562. The Labute approximate surface area is 139 Å². The highest BCUT2D eigenvalue weighted by molar-refractivity contribution is 5.63. The van der Waals surface area contributed by atoms with E-state index in [-0.39, 0.29) is 16.7 Å². The highest BCUT2D eigenvalue weighted by atomic mass is 16.6. The van der Waals surface area contributed by atoms with Gasteiger partial charge in [-0.25, -0.2) is 4.98 Å². The molecule has 0 spiro atoms. The molecule has 0 saturated heterocycles. The van der Waals surface area contributed by atoms with E-state index in [1.807, 2.05) is 54.9 Å². The van der Waals surface area contributed by atoms with Gasteiger partial charge >= 0.3 is 0 Å². The molecule has 0 aliphatic rings. The number of nitrogens with one attached hydrogen (secondary N) is 1. The summed E-state index contributed by atoms with van der Waals surface area (Å²) < 4.78 is 1.92. The van der Waals surface area contributed by atoms with Gasteiger partial charge in [-0.1, -0.05) is 18.2 Å². The first-order chi connectivity index (χ1) is 11.5. The molecule has 0 fully saturated rings. The number of nitrogens with zero attached hydrogens (tertiary/aromatic N) is 3. The second kappa shape index (κ2) is 6.54. The van der Waals surface area contributed by atoms with Crippen LogP contribution in [0.25, 0.3) is 5.69 Å². The van der Waals surface area contributed by atoms with Crippen molar-refractivity contribution in [3.63, 3.8) is 0 Å². The molecule has 0 bridgehead atoms. The molecule has 122 valence electrons. The van der Waals surface area contributed by atoms with Gasteiger partial charge in [0, 0.05) is 30.2 Å². The van der Waals surface area contributed by atoms with Gasteiger partial charge in [-0.15, -0.1) is 0 Å². The van der Waals surface area contributed by atoms with Crippen LogP contribution < -0.4 is 5.32 Å². The number of nitro groups is 1. The van der Waals surface area contributed by atoms with Crippen molar-refractivity contribution in [3.8, 4) is 5.69 Å². The van der Waals surface area contributed by atoms with E-state index in [9.17, 15) is 10.1 Å². The second-order valence-corrected chi connectivity index (χ2v) is 5.71. The van der Waals surface area contributed by atoms with Crippen LogP contribution >= 0.6 is 0 Å². The van der Waals surface area contributed by atoms with Crippen LogP contribution in [0.2, 0.25) is 0 Å². The first kappa shape index (κ1) is 15.7. The minimum atomic E-state index is -0.357. The minimum Gasteiger partial charge on any atom is -0.373 e. The van der Waals surface area contributed by atoms with Gasteiger partial charge in [0.15, 0.2) is 0 Å². The van der Waals surface area contributed by atoms with Gasteiger partial charge in [0.25, 0.3) is 5.69 Å². The summed E-state index contributed by atoms with van der Waals surface area (Å²) in [5.41, 5.74) is 3.51. The van der Waals surface area contributed by atoms with Gasteiger partial charge < -0.3 is 9.88 Å². The van der Waals surface area contributed by atoms with Crippen molar-refractivity contribution in [2.24, 2.45) is 0 Å². The minimum absolute atomic E-state index is 0.0742. The largest absolute Gasteiger partial charge is 0.373 e. The first-order valence-electron chi connectivity index (χ1n) is 7.64. The molecule has 1 N–H and O–H groups in total. The lowest BCUT2D eigenvalue weighted by atomic mass is 10.1. The predicted molar refractivity (Wildman–Crippen MR) is 93.4 cm³/mol. The molecule has 1 heterocycles. The number of anilines is 1. The number of rotatable bonds is 5. The summed E-state index contributed by atoms with van der Waals surface area (Å²) in [7, 11) is 0. The molecule has 0 aliphatic heterocycles. The van der Waals surface area contributed by atoms with Crippen molar-refractivity contribution in [3.05, 3.63) is 82.4 Å². The molecule has 1 aromatic heterocycles. The summed E-state index contributed by atoms with van der Waals surface area (Å²) in [5, 5.41) is 14.5. The standard InChI is InChI=1S/C18H18N4O2/c1-13-6-7-17(18(10-13)22(23)24)20-14(2)15-4-3-5-16(11-15)21-9-8-19-12-21/h3-12,14,20H,1-2H3. The summed E-state index contributed by atoms with van der Waals surface area (Å²) >= 11 is 0. The van der Waals surface area contributed by atoms with Crippen molar-refractivity contribution in [1.29, 1.82) is 0 Å². The third kappa shape index (κ3) is 3.27. The maximum absolute atomic E-state index is 11.3. The molecule has 0 aliphatic carbocycles. The molecule has 6 heteroatoms. The fraction of sp³-hybridized carbons (Fsp3) is 0.167. The Kier molecular flexibility index (Phi) is 4.29. The average molecular weight is 322 g/mol. The first-order valence-corrected chi connectivity index (χ1v) is 7.64. The van der Waals surface area contributed by atoms with Crippen LogP contribution in [0, 0.1) is 17.0 Å². The van der Waals surface area contributed by atoms with Crippen LogP contribution in [0.5, 0.6) is 0 Å². The van der Waals surface area contributed by atoms with E-state index in [2.05, 4.69) is 10.3 Å². The fourth-order valence-electron chi connectivity index (χ4n) is 2.60. The van der Waals surface area contributed by atoms with E-state index in [4.69, 9.17) is 0 Å².